The molecule has 1 aromatic carbocycles. The van der Waals surface area contributed by atoms with Gasteiger partial charge in [0.25, 0.3) is 0 Å². The Labute approximate surface area is 115 Å². The third kappa shape index (κ3) is 4.34. The second kappa shape index (κ2) is 6.65. The van der Waals surface area contributed by atoms with Crippen molar-refractivity contribution in [2.75, 3.05) is 6.61 Å². The summed E-state index contributed by atoms with van der Waals surface area (Å²) in [6.45, 7) is 4.21. The summed E-state index contributed by atoms with van der Waals surface area (Å²) in [5.41, 5.74) is -0.207. The van der Waals surface area contributed by atoms with Crippen LogP contribution in [-0.2, 0) is 9.53 Å². The smallest absolute Gasteiger partial charge is 0.311 e. The van der Waals surface area contributed by atoms with E-state index in [-0.39, 0.29) is 23.1 Å². The van der Waals surface area contributed by atoms with Gasteiger partial charge in [0.2, 0.25) is 5.78 Å². The summed E-state index contributed by atoms with van der Waals surface area (Å²) in [5.74, 6) is -1.01. The molecule has 7 nitrogen and oxygen atoms in total. The van der Waals surface area contributed by atoms with E-state index in [0.29, 0.717) is 0 Å². The number of ketones is 1. The topological polar surface area (TPSA) is 95.7 Å². The summed E-state index contributed by atoms with van der Waals surface area (Å²) >= 11 is 0. The standard InChI is InChI=1S/C13H15NO6/c1-8(2)20-13-5-4-10(6-11(13)14(17)18)12(16)7-19-9(3)15/h4-6,8H,7H2,1-3H3. The van der Waals surface area contributed by atoms with Crippen molar-refractivity contribution in [2.45, 2.75) is 26.9 Å². The van der Waals surface area contributed by atoms with Gasteiger partial charge in [-0.15, -0.1) is 0 Å². The summed E-state index contributed by atoms with van der Waals surface area (Å²) in [6, 6.07) is 3.87. The van der Waals surface area contributed by atoms with Gasteiger partial charge in [-0.3, -0.25) is 19.7 Å². The summed E-state index contributed by atoms with van der Waals surface area (Å²) in [4.78, 5) is 32.7. The number of hydrogen-bond donors (Lipinski definition) is 0. The highest BCUT2D eigenvalue weighted by molar-refractivity contribution is 5.98. The molecule has 20 heavy (non-hydrogen) atoms. The van der Waals surface area contributed by atoms with Crippen LogP contribution >= 0.6 is 0 Å². The molecule has 0 saturated heterocycles. The molecule has 0 spiro atoms. The summed E-state index contributed by atoms with van der Waals surface area (Å²) in [5, 5.41) is 11.0. The lowest BCUT2D eigenvalue weighted by molar-refractivity contribution is -0.386. The molecule has 0 aliphatic carbocycles. The largest absolute Gasteiger partial charge is 0.484 e. The van der Waals surface area contributed by atoms with Crippen molar-refractivity contribution in [3.05, 3.63) is 33.9 Å². The van der Waals surface area contributed by atoms with Gasteiger partial charge in [-0.25, -0.2) is 0 Å². The molecule has 0 aliphatic rings. The molecule has 0 heterocycles. The van der Waals surface area contributed by atoms with Crippen molar-refractivity contribution in [2.24, 2.45) is 0 Å². The second-order valence-corrected chi connectivity index (χ2v) is 4.31. The number of Topliss-reactive ketones (excluding diaryl/α,β-unsaturated/α-hetero) is 1. The fourth-order valence-electron chi connectivity index (χ4n) is 1.44. The third-order valence-corrected chi connectivity index (χ3v) is 2.25. The molecule has 108 valence electrons. The van der Waals surface area contributed by atoms with Gasteiger partial charge < -0.3 is 9.47 Å². The first-order valence-electron chi connectivity index (χ1n) is 5.93. The van der Waals surface area contributed by atoms with Crippen molar-refractivity contribution in [3.63, 3.8) is 0 Å². The maximum Gasteiger partial charge on any atom is 0.311 e. The molecule has 0 N–H and O–H groups in total. The summed E-state index contributed by atoms with van der Waals surface area (Å²) in [7, 11) is 0. The Hall–Kier alpha value is -2.44. The van der Waals surface area contributed by atoms with E-state index in [0.717, 1.165) is 6.07 Å². The lowest BCUT2D eigenvalue weighted by atomic mass is 10.1. The van der Waals surface area contributed by atoms with E-state index < -0.39 is 23.3 Å². The van der Waals surface area contributed by atoms with Gasteiger partial charge in [-0.1, -0.05) is 0 Å². The van der Waals surface area contributed by atoms with E-state index >= 15 is 0 Å². The third-order valence-electron chi connectivity index (χ3n) is 2.25. The van der Waals surface area contributed by atoms with E-state index in [1.54, 1.807) is 13.8 Å². The molecule has 0 amide bonds. The lowest BCUT2D eigenvalue weighted by Gasteiger charge is -2.10. The predicted octanol–water partition coefficient (Wildman–Crippen LogP) is 2.13. The Balaban J connectivity index is 3.00. The first-order valence-corrected chi connectivity index (χ1v) is 5.93. The monoisotopic (exact) mass is 281 g/mol. The molecule has 1 aromatic rings. The molecule has 0 saturated carbocycles. The van der Waals surface area contributed by atoms with Gasteiger partial charge in [0.05, 0.1) is 11.0 Å². The van der Waals surface area contributed by atoms with Crippen molar-refractivity contribution in [1.82, 2.24) is 0 Å². The Morgan fingerprint density at radius 2 is 2.00 bits per heavy atom. The molecule has 0 fully saturated rings. The van der Waals surface area contributed by atoms with Crippen molar-refractivity contribution in [1.29, 1.82) is 0 Å². The van der Waals surface area contributed by atoms with Gasteiger partial charge in [0.1, 0.15) is 0 Å². The highest BCUT2D eigenvalue weighted by Crippen LogP contribution is 2.29. The van der Waals surface area contributed by atoms with Gasteiger partial charge >= 0.3 is 11.7 Å². The average Bonchev–Trinajstić information content (AvgIpc) is 2.35. The van der Waals surface area contributed by atoms with Crippen molar-refractivity contribution >= 4 is 17.4 Å². The van der Waals surface area contributed by atoms with E-state index in [4.69, 9.17) is 4.74 Å². The summed E-state index contributed by atoms with van der Waals surface area (Å²) in [6.07, 6.45) is -0.226. The highest BCUT2D eigenvalue weighted by Gasteiger charge is 2.19. The zero-order chi connectivity index (χ0) is 15.3. The fourth-order valence-corrected chi connectivity index (χ4v) is 1.44. The predicted molar refractivity (Wildman–Crippen MR) is 69.8 cm³/mol. The average molecular weight is 281 g/mol. The van der Waals surface area contributed by atoms with Gasteiger partial charge in [-0.2, -0.15) is 0 Å². The number of carbonyl (C=O) groups is 2. The van der Waals surface area contributed by atoms with E-state index in [1.165, 1.54) is 19.1 Å². The Morgan fingerprint density at radius 3 is 2.50 bits per heavy atom. The molecule has 1 rings (SSSR count). The van der Waals surface area contributed by atoms with E-state index in [9.17, 15) is 19.7 Å². The zero-order valence-electron chi connectivity index (χ0n) is 11.4. The molecule has 0 unspecified atom stereocenters. The summed E-state index contributed by atoms with van der Waals surface area (Å²) < 4.78 is 9.86. The first kappa shape index (κ1) is 15.6. The van der Waals surface area contributed by atoms with E-state index in [1.807, 2.05) is 0 Å². The second-order valence-electron chi connectivity index (χ2n) is 4.31. The first-order chi connectivity index (χ1) is 9.31. The SMILES string of the molecule is CC(=O)OCC(=O)c1ccc(OC(C)C)c([N+](=O)[O-])c1. The van der Waals surface area contributed by atoms with Crippen LogP contribution < -0.4 is 4.74 Å². The molecule has 0 atom stereocenters. The number of hydrogen-bond acceptors (Lipinski definition) is 6. The van der Waals surface area contributed by atoms with Crippen molar-refractivity contribution < 1.29 is 24.0 Å². The molecule has 0 aromatic heterocycles. The number of nitro groups is 1. The van der Waals surface area contributed by atoms with Crippen molar-refractivity contribution in [3.8, 4) is 5.75 Å². The number of carbonyl (C=O) groups excluding carboxylic acids is 2. The van der Waals surface area contributed by atoms with Gasteiger partial charge in [0, 0.05) is 18.6 Å². The number of nitro benzene ring substituents is 1. The number of esters is 1. The Bertz CT molecular complexity index is 538. The van der Waals surface area contributed by atoms with Crippen LogP contribution in [0.25, 0.3) is 0 Å². The Morgan fingerprint density at radius 1 is 1.35 bits per heavy atom. The zero-order valence-corrected chi connectivity index (χ0v) is 11.4. The molecule has 0 bridgehead atoms. The van der Waals surface area contributed by atoms with Crippen LogP contribution in [0.1, 0.15) is 31.1 Å². The lowest BCUT2D eigenvalue weighted by Crippen LogP contribution is -2.13. The minimum Gasteiger partial charge on any atom is -0.484 e. The van der Waals surface area contributed by atoms with Crippen LogP contribution in [-0.4, -0.2) is 29.4 Å². The maximum absolute atomic E-state index is 11.7. The van der Waals surface area contributed by atoms with Crippen LogP contribution in [0, 0.1) is 10.1 Å². The van der Waals surface area contributed by atoms with Crippen LogP contribution in [0.3, 0.4) is 0 Å². The minimum absolute atomic E-state index is 0.0917. The van der Waals surface area contributed by atoms with Crippen LogP contribution in [0.15, 0.2) is 18.2 Å². The Kier molecular flexibility index (Phi) is 5.19. The number of rotatable bonds is 6. The number of nitrogens with zero attached hydrogens (tertiary/aromatic N) is 1. The van der Waals surface area contributed by atoms with Crippen LogP contribution in [0.4, 0.5) is 5.69 Å². The quantitative estimate of drug-likeness (QED) is 0.343. The molecular weight excluding hydrogens is 266 g/mol. The highest BCUT2D eigenvalue weighted by atomic mass is 16.6. The molecule has 0 radical (unpaired) electrons. The number of ether oxygens (including phenoxy) is 2. The molecule has 0 aliphatic heterocycles. The van der Waals surface area contributed by atoms with Crippen LogP contribution in [0.5, 0.6) is 5.75 Å². The van der Waals surface area contributed by atoms with E-state index in [2.05, 4.69) is 4.74 Å². The van der Waals surface area contributed by atoms with Crippen LogP contribution in [0.2, 0.25) is 0 Å². The number of benzene rings is 1. The molecule has 7 heteroatoms. The van der Waals surface area contributed by atoms with Gasteiger partial charge in [0.15, 0.2) is 12.4 Å². The van der Waals surface area contributed by atoms with Gasteiger partial charge in [-0.05, 0) is 26.0 Å². The maximum atomic E-state index is 11.7. The minimum atomic E-state index is -0.625. The molecular formula is C13H15NO6. The normalized spacial score (nSPS) is 10.2. The fraction of sp³-hybridized carbons (Fsp3) is 0.385.